The Hall–Kier alpha value is -2.53. The molecule has 1 aromatic heterocycles. The third-order valence-corrected chi connectivity index (χ3v) is 4.02. The molecule has 4 nitrogen and oxygen atoms in total. The number of carbonyl (C=O) groups excluding carboxylic acids is 1. The highest BCUT2D eigenvalue weighted by atomic mass is 79.9. The average Bonchev–Trinajstić information content (AvgIpc) is 2.63. The molecule has 1 heterocycles. The Labute approximate surface area is 148 Å². The molecule has 0 fully saturated rings. The fourth-order valence-electron chi connectivity index (χ4n) is 2.44. The van der Waals surface area contributed by atoms with Gasteiger partial charge in [-0.25, -0.2) is 14.8 Å². The minimum Gasteiger partial charge on any atom is -0.461 e. The van der Waals surface area contributed by atoms with Crippen LogP contribution in [-0.2, 0) is 4.74 Å². The number of hydrogen-bond donors (Lipinski definition) is 0. The van der Waals surface area contributed by atoms with Crippen LogP contribution >= 0.6 is 15.9 Å². The van der Waals surface area contributed by atoms with Crippen molar-refractivity contribution in [2.45, 2.75) is 6.92 Å². The Morgan fingerprint density at radius 2 is 1.71 bits per heavy atom. The Bertz CT molecular complexity index is 849. The summed E-state index contributed by atoms with van der Waals surface area (Å²) in [4.78, 5) is 21.0. The maximum Gasteiger partial charge on any atom is 0.357 e. The van der Waals surface area contributed by atoms with Crippen molar-refractivity contribution in [2.75, 3.05) is 6.61 Å². The number of rotatable bonds is 4. The second kappa shape index (κ2) is 7.36. The Balaban J connectivity index is 2.24. The molecule has 0 aliphatic carbocycles. The van der Waals surface area contributed by atoms with Gasteiger partial charge >= 0.3 is 5.97 Å². The van der Waals surface area contributed by atoms with Crippen LogP contribution in [0.1, 0.15) is 17.4 Å². The van der Waals surface area contributed by atoms with Crippen LogP contribution < -0.4 is 0 Å². The van der Waals surface area contributed by atoms with E-state index in [9.17, 15) is 4.79 Å². The fourth-order valence-corrected chi connectivity index (χ4v) is 2.71. The first-order valence-electron chi connectivity index (χ1n) is 7.54. The van der Waals surface area contributed by atoms with Gasteiger partial charge in [0.2, 0.25) is 0 Å². The molecule has 24 heavy (non-hydrogen) atoms. The topological polar surface area (TPSA) is 52.1 Å². The summed E-state index contributed by atoms with van der Waals surface area (Å²) < 4.78 is 6.13. The molecule has 3 aromatic rings. The third-order valence-electron chi connectivity index (χ3n) is 3.50. The second-order valence-corrected chi connectivity index (χ2v) is 5.95. The van der Waals surface area contributed by atoms with Gasteiger partial charge in [-0.2, -0.15) is 0 Å². The first-order valence-corrected chi connectivity index (χ1v) is 8.33. The van der Waals surface area contributed by atoms with E-state index in [0.29, 0.717) is 17.9 Å². The lowest BCUT2D eigenvalue weighted by Crippen LogP contribution is -2.10. The molecule has 0 bridgehead atoms. The molecule has 0 N–H and O–H groups in total. The van der Waals surface area contributed by atoms with Gasteiger partial charge in [-0.05, 0) is 24.6 Å². The smallest absolute Gasteiger partial charge is 0.357 e. The van der Waals surface area contributed by atoms with Gasteiger partial charge in [-0.3, -0.25) is 0 Å². The van der Waals surface area contributed by atoms with Gasteiger partial charge in [0.25, 0.3) is 0 Å². The van der Waals surface area contributed by atoms with Crippen LogP contribution in [0.2, 0.25) is 0 Å². The lowest BCUT2D eigenvalue weighted by Gasteiger charge is -2.13. The van der Waals surface area contributed by atoms with Gasteiger partial charge in [0.05, 0.1) is 12.3 Å². The van der Waals surface area contributed by atoms with Gasteiger partial charge < -0.3 is 4.74 Å². The molecule has 0 aliphatic rings. The van der Waals surface area contributed by atoms with Crippen molar-refractivity contribution in [3.05, 3.63) is 71.1 Å². The van der Waals surface area contributed by atoms with E-state index >= 15 is 0 Å². The summed E-state index contributed by atoms with van der Waals surface area (Å²) >= 11 is 3.43. The number of halogens is 1. The highest BCUT2D eigenvalue weighted by molar-refractivity contribution is 9.10. The van der Waals surface area contributed by atoms with Crippen LogP contribution in [0.15, 0.2) is 65.4 Å². The lowest BCUT2D eigenvalue weighted by atomic mass is 9.97. The van der Waals surface area contributed by atoms with Crippen LogP contribution in [0.25, 0.3) is 22.4 Å². The SMILES string of the molecule is CCOC(=O)c1ncnc(-c2ccccc2)c1-c1ccc(Br)cc1. The highest BCUT2D eigenvalue weighted by Crippen LogP contribution is 2.33. The molecule has 0 saturated heterocycles. The predicted molar refractivity (Wildman–Crippen MR) is 96.6 cm³/mol. The molecule has 0 radical (unpaired) electrons. The molecule has 5 heteroatoms. The molecular formula is C19H15BrN2O2. The summed E-state index contributed by atoms with van der Waals surface area (Å²) in [5, 5.41) is 0. The molecule has 0 saturated carbocycles. The summed E-state index contributed by atoms with van der Waals surface area (Å²) in [6.45, 7) is 2.07. The van der Waals surface area contributed by atoms with Crippen molar-refractivity contribution >= 4 is 21.9 Å². The summed E-state index contributed by atoms with van der Waals surface area (Å²) in [7, 11) is 0. The van der Waals surface area contributed by atoms with Gasteiger partial charge in [-0.15, -0.1) is 0 Å². The van der Waals surface area contributed by atoms with Gasteiger partial charge in [-0.1, -0.05) is 58.4 Å². The molecular weight excluding hydrogens is 368 g/mol. The van der Waals surface area contributed by atoms with Crippen LogP contribution in [0, 0.1) is 0 Å². The lowest BCUT2D eigenvalue weighted by molar-refractivity contribution is 0.0520. The van der Waals surface area contributed by atoms with Gasteiger partial charge in [0.15, 0.2) is 5.69 Å². The predicted octanol–water partition coefficient (Wildman–Crippen LogP) is 4.75. The van der Waals surface area contributed by atoms with Crippen molar-refractivity contribution in [1.82, 2.24) is 9.97 Å². The van der Waals surface area contributed by atoms with Crippen molar-refractivity contribution in [3.63, 3.8) is 0 Å². The Morgan fingerprint density at radius 1 is 1.00 bits per heavy atom. The van der Waals surface area contributed by atoms with E-state index in [4.69, 9.17) is 4.74 Å². The maximum atomic E-state index is 12.4. The maximum absolute atomic E-state index is 12.4. The fraction of sp³-hybridized carbons (Fsp3) is 0.105. The van der Waals surface area contributed by atoms with Crippen LogP contribution in [0.4, 0.5) is 0 Å². The van der Waals surface area contributed by atoms with Gasteiger partial charge in [0, 0.05) is 15.6 Å². The first-order chi connectivity index (χ1) is 11.7. The zero-order valence-corrected chi connectivity index (χ0v) is 14.7. The normalized spacial score (nSPS) is 10.4. The quantitative estimate of drug-likeness (QED) is 0.610. The molecule has 0 atom stereocenters. The summed E-state index contributed by atoms with van der Waals surface area (Å²) in [5.74, 6) is -0.449. The molecule has 3 rings (SSSR count). The van der Waals surface area contributed by atoms with Gasteiger partial charge in [0.1, 0.15) is 6.33 Å². The number of nitrogens with zero attached hydrogens (tertiary/aromatic N) is 2. The van der Waals surface area contributed by atoms with E-state index in [2.05, 4.69) is 25.9 Å². The number of hydrogen-bond acceptors (Lipinski definition) is 4. The number of carbonyl (C=O) groups is 1. The summed E-state index contributed by atoms with van der Waals surface area (Å²) in [6.07, 6.45) is 1.40. The third kappa shape index (κ3) is 3.36. The minimum absolute atomic E-state index is 0.271. The molecule has 0 aliphatic heterocycles. The van der Waals surface area contributed by atoms with Crippen molar-refractivity contribution < 1.29 is 9.53 Å². The van der Waals surface area contributed by atoms with Crippen molar-refractivity contribution in [1.29, 1.82) is 0 Å². The van der Waals surface area contributed by atoms with Crippen molar-refractivity contribution in [2.24, 2.45) is 0 Å². The molecule has 0 unspecified atom stereocenters. The Morgan fingerprint density at radius 3 is 2.38 bits per heavy atom. The largest absolute Gasteiger partial charge is 0.461 e. The number of esters is 1. The van der Waals surface area contributed by atoms with Crippen LogP contribution in [0.5, 0.6) is 0 Å². The molecule has 0 spiro atoms. The van der Waals surface area contributed by atoms with Crippen molar-refractivity contribution in [3.8, 4) is 22.4 Å². The molecule has 2 aromatic carbocycles. The standard InChI is InChI=1S/C19H15BrN2O2/c1-2-24-19(23)18-16(13-8-10-15(20)11-9-13)17(21-12-22-18)14-6-4-3-5-7-14/h3-12H,2H2,1H3. The number of benzene rings is 2. The zero-order chi connectivity index (χ0) is 16.9. The highest BCUT2D eigenvalue weighted by Gasteiger charge is 2.21. The molecule has 120 valence electrons. The van der Waals surface area contributed by atoms with E-state index in [1.165, 1.54) is 6.33 Å². The summed E-state index contributed by atoms with van der Waals surface area (Å²) in [5.41, 5.74) is 3.43. The van der Waals surface area contributed by atoms with Crippen LogP contribution in [0.3, 0.4) is 0 Å². The minimum atomic E-state index is -0.449. The number of ether oxygens (including phenoxy) is 1. The zero-order valence-electron chi connectivity index (χ0n) is 13.1. The number of aromatic nitrogens is 2. The first kappa shape index (κ1) is 16.3. The average molecular weight is 383 g/mol. The van der Waals surface area contributed by atoms with E-state index in [1.54, 1.807) is 6.92 Å². The second-order valence-electron chi connectivity index (χ2n) is 5.04. The monoisotopic (exact) mass is 382 g/mol. The van der Waals surface area contributed by atoms with E-state index < -0.39 is 5.97 Å². The molecule has 0 amide bonds. The van der Waals surface area contributed by atoms with E-state index in [1.807, 2.05) is 54.6 Å². The Kier molecular flexibility index (Phi) is 5.01. The summed E-state index contributed by atoms with van der Waals surface area (Å²) in [6, 6.07) is 17.4. The van der Waals surface area contributed by atoms with E-state index in [-0.39, 0.29) is 5.69 Å². The van der Waals surface area contributed by atoms with Crippen LogP contribution in [-0.4, -0.2) is 22.5 Å². The van der Waals surface area contributed by atoms with E-state index in [0.717, 1.165) is 15.6 Å².